The van der Waals surface area contributed by atoms with Gasteiger partial charge in [-0.3, -0.25) is 0 Å². The summed E-state index contributed by atoms with van der Waals surface area (Å²) in [6, 6.07) is 11.9. The molecule has 0 unspecified atom stereocenters. The van der Waals surface area contributed by atoms with Gasteiger partial charge in [0.25, 0.3) is 0 Å². The van der Waals surface area contributed by atoms with Crippen molar-refractivity contribution in [3.8, 4) is 0 Å². The van der Waals surface area contributed by atoms with Crippen LogP contribution in [0.3, 0.4) is 0 Å². The predicted molar refractivity (Wildman–Crippen MR) is 81.1 cm³/mol. The molecule has 20 heavy (non-hydrogen) atoms. The van der Waals surface area contributed by atoms with Crippen molar-refractivity contribution >= 4 is 27.3 Å². The smallest absolute Gasteiger partial charge is 0.241 e. The summed E-state index contributed by atoms with van der Waals surface area (Å²) in [5.74, 6) is 0. The molecule has 0 saturated carbocycles. The number of nitrogen functional groups attached to an aromatic ring is 1. The Morgan fingerprint density at radius 2 is 1.90 bits per heavy atom. The summed E-state index contributed by atoms with van der Waals surface area (Å²) in [7, 11) is -3.60. The molecule has 0 aliphatic rings. The van der Waals surface area contributed by atoms with Crippen LogP contribution in [0.25, 0.3) is 0 Å². The standard InChI is InChI=1S/C14H15ClN2O2S/c1-10-13(16)6-3-7-14(10)20(18,19)17-9-11-4-2-5-12(15)8-11/h2-8,17H,9,16H2,1H3. The van der Waals surface area contributed by atoms with Gasteiger partial charge in [0.2, 0.25) is 10.0 Å². The molecule has 0 radical (unpaired) electrons. The van der Waals surface area contributed by atoms with E-state index in [4.69, 9.17) is 17.3 Å². The van der Waals surface area contributed by atoms with Gasteiger partial charge in [-0.2, -0.15) is 0 Å². The third-order valence-electron chi connectivity index (χ3n) is 2.97. The van der Waals surface area contributed by atoms with E-state index in [0.717, 1.165) is 5.56 Å². The predicted octanol–water partition coefficient (Wildman–Crippen LogP) is 2.71. The minimum Gasteiger partial charge on any atom is -0.398 e. The van der Waals surface area contributed by atoms with Crippen molar-refractivity contribution in [3.05, 3.63) is 58.6 Å². The van der Waals surface area contributed by atoms with E-state index in [1.165, 1.54) is 6.07 Å². The van der Waals surface area contributed by atoms with Crippen molar-refractivity contribution in [1.29, 1.82) is 0 Å². The molecular formula is C14H15ClN2O2S. The molecule has 3 N–H and O–H groups in total. The Morgan fingerprint density at radius 3 is 2.60 bits per heavy atom. The van der Waals surface area contributed by atoms with E-state index < -0.39 is 10.0 Å². The van der Waals surface area contributed by atoms with Crippen LogP contribution in [0.1, 0.15) is 11.1 Å². The number of benzene rings is 2. The normalized spacial score (nSPS) is 11.5. The van der Waals surface area contributed by atoms with Crippen LogP contribution in [0.4, 0.5) is 5.69 Å². The van der Waals surface area contributed by atoms with Crippen LogP contribution in [0.15, 0.2) is 47.4 Å². The van der Waals surface area contributed by atoms with Crippen molar-refractivity contribution in [3.63, 3.8) is 0 Å². The quantitative estimate of drug-likeness (QED) is 0.853. The Morgan fingerprint density at radius 1 is 1.20 bits per heavy atom. The summed E-state index contributed by atoms with van der Waals surface area (Å²) < 4.78 is 27.1. The highest BCUT2D eigenvalue weighted by Crippen LogP contribution is 2.20. The van der Waals surface area contributed by atoms with Gasteiger partial charge in [0, 0.05) is 17.3 Å². The average Bonchev–Trinajstić information content (AvgIpc) is 2.40. The Kier molecular flexibility index (Phi) is 4.32. The van der Waals surface area contributed by atoms with E-state index >= 15 is 0 Å². The van der Waals surface area contributed by atoms with Gasteiger partial charge < -0.3 is 5.73 Å². The minimum atomic E-state index is -3.60. The number of hydrogen-bond donors (Lipinski definition) is 2. The first-order chi connectivity index (χ1) is 9.40. The monoisotopic (exact) mass is 310 g/mol. The average molecular weight is 311 g/mol. The number of anilines is 1. The van der Waals surface area contributed by atoms with Crippen molar-refractivity contribution in [2.24, 2.45) is 0 Å². The second-order valence-corrected chi connectivity index (χ2v) is 6.60. The molecule has 0 saturated heterocycles. The number of halogens is 1. The van der Waals surface area contributed by atoms with Crippen LogP contribution < -0.4 is 10.5 Å². The summed E-state index contributed by atoms with van der Waals surface area (Å²) in [4.78, 5) is 0.194. The van der Waals surface area contributed by atoms with Gasteiger partial charge in [-0.15, -0.1) is 0 Å². The van der Waals surface area contributed by atoms with Gasteiger partial charge in [0.15, 0.2) is 0 Å². The van der Waals surface area contributed by atoms with E-state index in [1.807, 2.05) is 0 Å². The first-order valence-electron chi connectivity index (χ1n) is 5.99. The molecule has 2 aromatic rings. The van der Waals surface area contributed by atoms with Gasteiger partial charge in [-0.1, -0.05) is 29.8 Å². The molecule has 0 atom stereocenters. The second-order valence-electron chi connectivity index (χ2n) is 4.42. The maximum atomic E-state index is 12.3. The molecule has 0 aromatic heterocycles. The molecule has 0 heterocycles. The van der Waals surface area contributed by atoms with Gasteiger partial charge in [0.05, 0.1) is 4.90 Å². The summed E-state index contributed by atoms with van der Waals surface area (Å²) in [5.41, 5.74) is 7.53. The lowest BCUT2D eigenvalue weighted by molar-refractivity contribution is 0.580. The number of rotatable bonds is 4. The van der Waals surface area contributed by atoms with E-state index in [9.17, 15) is 8.42 Å². The SMILES string of the molecule is Cc1c(N)cccc1S(=O)(=O)NCc1cccc(Cl)c1. The number of nitrogens with one attached hydrogen (secondary N) is 1. The van der Waals surface area contributed by atoms with Crippen LogP contribution in [0.5, 0.6) is 0 Å². The molecule has 0 aliphatic carbocycles. The zero-order valence-electron chi connectivity index (χ0n) is 10.9. The molecule has 2 rings (SSSR count). The highest BCUT2D eigenvalue weighted by Gasteiger charge is 2.17. The fraction of sp³-hybridized carbons (Fsp3) is 0.143. The van der Waals surface area contributed by atoms with Crippen LogP contribution in [0, 0.1) is 6.92 Å². The lowest BCUT2D eigenvalue weighted by Gasteiger charge is -2.11. The third-order valence-corrected chi connectivity index (χ3v) is 4.75. The van der Waals surface area contributed by atoms with Gasteiger partial charge >= 0.3 is 0 Å². The van der Waals surface area contributed by atoms with Crippen molar-refractivity contribution < 1.29 is 8.42 Å². The number of sulfonamides is 1. The van der Waals surface area contributed by atoms with Crippen LogP contribution in [-0.4, -0.2) is 8.42 Å². The highest BCUT2D eigenvalue weighted by molar-refractivity contribution is 7.89. The summed E-state index contributed by atoms with van der Waals surface area (Å²) >= 11 is 5.86. The number of hydrogen-bond acceptors (Lipinski definition) is 3. The van der Waals surface area contributed by atoms with Crippen LogP contribution >= 0.6 is 11.6 Å². The summed E-state index contributed by atoms with van der Waals surface area (Å²) in [6.45, 7) is 1.86. The zero-order valence-corrected chi connectivity index (χ0v) is 12.5. The maximum Gasteiger partial charge on any atom is 0.241 e. The molecule has 106 valence electrons. The van der Waals surface area contributed by atoms with Crippen molar-refractivity contribution in [2.75, 3.05) is 5.73 Å². The highest BCUT2D eigenvalue weighted by atomic mass is 35.5. The maximum absolute atomic E-state index is 12.3. The van der Waals surface area contributed by atoms with Crippen molar-refractivity contribution in [2.45, 2.75) is 18.4 Å². The Hall–Kier alpha value is -1.56. The van der Waals surface area contributed by atoms with Gasteiger partial charge in [0.1, 0.15) is 0 Å². The first-order valence-corrected chi connectivity index (χ1v) is 7.85. The lowest BCUT2D eigenvalue weighted by atomic mass is 10.2. The molecule has 0 aliphatic heterocycles. The topological polar surface area (TPSA) is 72.2 Å². The number of nitrogens with two attached hydrogens (primary N) is 1. The molecular weight excluding hydrogens is 296 g/mol. The third kappa shape index (κ3) is 3.30. The zero-order chi connectivity index (χ0) is 14.8. The van der Waals surface area contributed by atoms with Crippen molar-refractivity contribution in [1.82, 2.24) is 4.72 Å². The van der Waals surface area contributed by atoms with E-state index in [2.05, 4.69) is 4.72 Å². The summed E-state index contributed by atoms with van der Waals surface area (Å²) in [5, 5.41) is 0.571. The molecule has 0 spiro atoms. The van der Waals surface area contributed by atoms with Crippen LogP contribution in [-0.2, 0) is 16.6 Å². The van der Waals surface area contributed by atoms with E-state index in [-0.39, 0.29) is 11.4 Å². The molecule has 0 fully saturated rings. The fourth-order valence-corrected chi connectivity index (χ4v) is 3.33. The Labute approximate surface area is 123 Å². The Bertz CT molecular complexity index is 730. The van der Waals surface area contributed by atoms with Crippen LogP contribution in [0.2, 0.25) is 5.02 Å². The lowest BCUT2D eigenvalue weighted by Crippen LogP contribution is -2.24. The Balaban J connectivity index is 2.22. The molecule has 2 aromatic carbocycles. The summed E-state index contributed by atoms with van der Waals surface area (Å²) in [6.07, 6.45) is 0. The van der Waals surface area contributed by atoms with E-state index in [1.54, 1.807) is 43.3 Å². The molecule has 0 bridgehead atoms. The first kappa shape index (κ1) is 14.8. The van der Waals surface area contributed by atoms with E-state index in [0.29, 0.717) is 16.3 Å². The van der Waals surface area contributed by atoms with Gasteiger partial charge in [-0.05, 0) is 42.3 Å². The van der Waals surface area contributed by atoms with Gasteiger partial charge in [-0.25, -0.2) is 13.1 Å². The molecule has 6 heteroatoms. The fourth-order valence-electron chi connectivity index (χ4n) is 1.83. The second kappa shape index (κ2) is 5.83. The minimum absolute atomic E-state index is 0.178. The largest absolute Gasteiger partial charge is 0.398 e. The molecule has 4 nitrogen and oxygen atoms in total. The molecule has 0 amide bonds.